The van der Waals surface area contributed by atoms with E-state index in [1.54, 1.807) is 0 Å². The van der Waals surface area contributed by atoms with Crippen LogP contribution in [-0.4, -0.2) is 5.31 Å². The van der Waals surface area contributed by atoms with Crippen LogP contribution in [-0.2, 0) is 0 Å². The Labute approximate surface area is 95.4 Å². The predicted octanol–water partition coefficient (Wildman–Crippen LogP) is 5.35. The van der Waals surface area contributed by atoms with Crippen molar-refractivity contribution in [2.24, 2.45) is 0 Å². The van der Waals surface area contributed by atoms with E-state index in [0.29, 0.717) is 0 Å². The molecule has 0 nitrogen and oxygen atoms in total. The van der Waals surface area contributed by atoms with E-state index in [1.807, 2.05) is 0 Å². The number of unbranched alkanes of at least 4 members (excludes halogenated alkanes) is 4. The highest BCUT2D eigenvalue weighted by atomic mass is 36.0. The first kappa shape index (κ1) is 15.8. The molecule has 76 valence electrons. The van der Waals surface area contributed by atoms with E-state index < -0.39 is 5.31 Å². The second-order valence-electron chi connectivity index (χ2n) is 2.49. The minimum Gasteiger partial charge on any atom is -0.110 e. The van der Waals surface area contributed by atoms with Crippen molar-refractivity contribution in [2.75, 3.05) is 0 Å². The van der Waals surface area contributed by atoms with Crippen LogP contribution in [0.1, 0.15) is 46.0 Å². The lowest BCUT2D eigenvalue weighted by molar-refractivity contribution is 0.656. The van der Waals surface area contributed by atoms with Crippen LogP contribution in [0, 0.1) is 0 Å². The van der Waals surface area contributed by atoms with E-state index >= 15 is 0 Å². The molecule has 0 saturated heterocycles. The quantitative estimate of drug-likeness (QED) is 0.367. The van der Waals surface area contributed by atoms with E-state index in [-0.39, 0.29) is 0 Å². The number of rotatable bonds is 4. The van der Waals surface area contributed by atoms with Crippen molar-refractivity contribution in [3.8, 4) is 0 Å². The van der Waals surface area contributed by atoms with Gasteiger partial charge in [-0.15, -0.1) is 44.3 Å². The van der Waals surface area contributed by atoms with Crippen molar-refractivity contribution >= 4 is 49.6 Å². The van der Waals surface area contributed by atoms with Gasteiger partial charge in [-0.25, -0.2) is 0 Å². The highest BCUT2D eigenvalue weighted by Crippen LogP contribution is 2.23. The fourth-order valence-electron chi connectivity index (χ4n) is 0.677. The van der Waals surface area contributed by atoms with Crippen LogP contribution >= 0.6 is 44.3 Å². The van der Waals surface area contributed by atoms with Gasteiger partial charge in [0.15, 0.2) is 0 Å². The minimum absolute atomic E-state index is 1.36. The van der Waals surface area contributed by atoms with Crippen LogP contribution in [0.5, 0.6) is 0 Å². The summed E-state index contributed by atoms with van der Waals surface area (Å²) in [6, 6.07) is 0. The van der Waals surface area contributed by atoms with Crippen LogP contribution in [0.25, 0.3) is 0 Å². The normalized spacial score (nSPS) is 10.5. The summed E-state index contributed by atoms with van der Waals surface area (Å²) in [5.41, 5.74) is 0. The summed E-state index contributed by atoms with van der Waals surface area (Å²) in [7, 11) is 0. The third kappa shape index (κ3) is 42.4. The molecular formula is C7H16Cl4Si. The number of hydrogen-bond donors (Lipinski definition) is 0. The Hall–Kier alpha value is 1.38. The lowest BCUT2D eigenvalue weighted by Crippen LogP contribution is -1.91. The molecule has 0 aliphatic heterocycles. The van der Waals surface area contributed by atoms with Gasteiger partial charge in [0.25, 0.3) is 0 Å². The molecule has 0 aromatic rings. The average molecular weight is 270 g/mol. The summed E-state index contributed by atoms with van der Waals surface area (Å²) in [6.07, 6.45) is 7.01. The zero-order chi connectivity index (χ0) is 10.0. The maximum atomic E-state index is 4.97. The highest BCUT2D eigenvalue weighted by molar-refractivity contribution is 7.81. The average Bonchev–Trinajstić information content (AvgIpc) is 1.85. The van der Waals surface area contributed by atoms with Crippen molar-refractivity contribution in [1.29, 1.82) is 0 Å². The van der Waals surface area contributed by atoms with Crippen LogP contribution in [0.2, 0.25) is 0 Å². The molecule has 0 saturated carbocycles. The molecule has 0 unspecified atom stereocenters. The van der Waals surface area contributed by atoms with Gasteiger partial charge in [0, 0.05) is 0 Å². The summed E-state index contributed by atoms with van der Waals surface area (Å²) in [5, 5.41) is -2.72. The molecule has 0 aromatic carbocycles. The number of halogens is 4. The van der Waals surface area contributed by atoms with Gasteiger partial charge in [-0.05, 0) is 0 Å². The molecule has 0 rings (SSSR count). The summed E-state index contributed by atoms with van der Waals surface area (Å²) >= 11 is 19.9. The second kappa shape index (κ2) is 10.5. The van der Waals surface area contributed by atoms with Gasteiger partial charge in [-0.3, -0.25) is 0 Å². The van der Waals surface area contributed by atoms with E-state index in [2.05, 4.69) is 13.8 Å². The third-order valence-corrected chi connectivity index (χ3v) is 1.21. The van der Waals surface area contributed by atoms with Crippen molar-refractivity contribution in [2.45, 2.75) is 46.0 Å². The fourth-order valence-corrected chi connectivity index (χ4v) is 0.677. The zero-order valence-corrected chi connectivity index (χ0v) is 11.6. The molecule has 5 heteroatoms. The highest BCUT2D eigenvalue weighted by Gasteiger charge is 2.19. The Morgan fingerprint density at radius 2 is 1.00 bits per heavy atom. The molecule has 0 heterocycles. The largest absolute Gasteiger partial charge is 0.440 e. The minimum atomic E-state index is -2.72. The van der Waals surface area contributed by atoms with Crippen LogP contribution in [0.15, 0.2) is 0 Å². The van der Waals surface area contributed by atoms with Crippen LogP contribution in [0.3, 0.4) is 0 Å². The monoisotopic (exact) mass is 268 g/mol. The van der Waals surface area contributed by atoms with Crippen molar-refractivity contribution in [1.82, 2.24) is 0 Å². The summed E-state index contributed by atoms with van der Waals surface area (Å²) in [5.74, 6) is 0. The lowest BCUT2D eigenvalue weighted by atomic mass is 10.2. The molecule has 0 amide bonds. The maximum absolute atomic E-state index is 4.97. The molecule has 0 fully saturated rings. The molecule has 0 atom stereocenters. The topological polar surface area (TPSA) is 0 Å². The van der Waals surface area contributed by atoms with E-state index in [9.17, 15) is 0 Å². The molecular weight excluding hydrogens is 254 g/mol. The standard InChI is InChI=1S/C7H16.Cl4Si/c1-3-5-7-6-4-2;1-5(2,3)4/h3-7H2,1-2H3;. The molecule has 0 radical (unpaired) electrons. The van der Waals surface area contributed by atoms with E-state index in [1.165, 1.54) is 32.1 Å². The smallest absolute Gasteiger partial charge is 0.110 e. The Balaban J connectivity index is 0. The Kier molecular flexibility index (Phi) is 13.8. The summed E-state index contributed by atoms with van der Waals surface area (Å²) in [6.45, 7) is 4.49. The van der Waals surface area contributed by atoms with Gasteiger partial charge >= 0.3 is 5.31 Å². The van der Waals surface area contributed by atoms with Gasteiger partial charge in [0.05, 0.1) is 0 Å². The Morgan fingerprint density at radius 3 is 1.17 bits per heavy atom. The first-order chi connectivity index (χ1) is 5.41. The summed E-state index contributed by atoms with van der Waals surface area (Å²) < 4.78 is 0. The van der Waals surface area contributed by atoms with Crippen molar-refractivity contribution in [3.05, 3.63) is 0 Å². The molecule has 0 aromatic heterocycles. The van der Waals surface area contributed by atoms with Crippen molar-refractivity contribution in [3.63, 3.8) is 0 Å². The van der Waals surface area contributed by atoms with Gasteiger partial charge in [-0.2, -0.15) is 0 Å². The molecule has 0 N–H and O–H groups in total. The number of hydrogen-bond acceptors (Lipinski definition) is 0. The Bertz CT molecular complexity index is 72.0. The first-order valence-corrected chi connectivity index (χ1v) is 10.2. The van der Waals surface area contributed by atoms with Gasteiger partial charge < -0.3 is 0 Å². The zero-order valence-electron chi connectivity index (χ0n) is 7.55. The molecule has 0 aliphatic rings. The lowest BCUT2D eigenvalue weighted by Gasteiger charge is -1.90. The van der Waals surface area contributed by atoms with Gasteiger partial charge in [-0.1, -0.05) is 46.0 Å². The van der Waals surface area contributed by atoms with Crippen molar-refractivity contribution < 1.29 is 0 Å². The Morgan fingerprint density at radius 1 is 0.750 bits per heavy atom. The van der Waals surface area contributed by atoms with Crippen LogP contribution in [0.4, 0.5) is 0 Å². The molecule has 0 spiro atoms. The van der Waals surface area contributed by atoms with Gasteiger partial charge in [0.2, 0.25) is 0 Å². The van der Waals surface area contributed by atoms with Gasteiger partial charge in [0.1, 0.15) is 0 Å². The molecule has 0 bridgehead atoms. The van der Waals surface area contributed by atoms with E-state index in [0.717, 1.165) is 0 Å². The maximum Gasteiger partial charge on any atom is 0.440 e. The first-order valence-electron chi connectivity index (χ1n) is 4.17. The fraction of sp³-hybridized carbons (Fsp3) is 1.00. The predicted molar refractivity (Wildman–Crippen MR) is 63.6 cm³/mol. The molecule has 12 heavy (non-hydrogen) atoms. The summed E-state index contributed by atoms with van der Waals surface area (Å²) in [4.78, 5) is 0. The van der Waals surface area contributed by atoms with E-state index in [4.69, 9.17) is 44.3 Å². The SMILES string of the molecule is CCCCCCC.Cl[Si](Cl)(Cl)Cl. The third-order valence-electron chi connectivity index (χ3n) is 1.21. The second-order valence-corrected chi connectivity index (χ2v) is 13.6. The van der Waals surface area contributed by atoms with Crippen LogP contribution < -0.4 is 0 Å². The molecule has 0 aliphatic carbocycles.